The van der Waals surface area contributed by atoms with Gasteiger partial charge in [-0.05, 0) is 56.9 Å². The first-order valence-electron chi connectivity index (χ1n) is 8.01. The lowest BCUT2D eigenvalue weighted by Crippen LogP contribution is -2.46. The number of nitrogens with zero attached hydrogens (tertiary/aromatic N) is 3. The van der Waals surface area contributed by atoms with E-state index in [1.807, 2.05) is 12.3 Å². The summed E-state index contributed by atoms with van der Waals surface area (Å²) in [7, 11) is 0. The molecule has 1 unspecified atom stereocenters. The fourth-order valence-electron chi connectivity index (χ4n) is 3.31. The highest BCUT2D eigenvalue weighted by molar-refractivity contribution is 5.38. The third kappa shape index (κ3) is 3.70. The molecule has 1 aromatic heterocycles. The van der Waals surface area contributed by atoms with Crippen LogP contribution in [0.4, 0.5) is 5.82 Å². The number of anilines is 1. The Morgan fingerprint density at radius 2 is 2.10 bits per heavy atom. The fourth-order valence-corrected chi connectivity index (χ4v) is 3.31. The molecule has 1 atom stereocenters. The van der Waals surface area contributed by atoms with Gasteiger partial charge in [-0.25, -0.2) is 4.98 Å². The van der Waals surface area contributed by atoms with Crippen molar-refractivity contribution < 1.29 is 0 Å². The van der Waals surface area contributed by atoms with Crippen LogP contribution in [0, 0.1) is 5.92 Å². The number of nitrogens with one attached hydrogen (secondary N) is 1. The Kier molecular flexibility index (Phi) is 4.87. The van der Waals surface area contributed by atoms with Gasteiger partial charge in [0.25, 0.3) is 0 Å². The van der Waals surface area contributed by atoms with E-state index in [1.165, 1.54) is 52.0 Å². The van der Waals surface area contributed by atoms with Crippen LogP contribution in [-0.4, -0.2) is 55.7 Å². The first-order valence-corrected chi connectivity index (χ1v) is 8.01. The van der Waals surface area contributed by atoms with Crippen molar-refractivity contribution in [3.63, 3.8) is 0 Å². The third-order valence-corrected chi connectivity index (χ3v) is 4.59. The van der Waals surface area contributed by atoms with E-state index in [0.29, 0.717) is 0 Å². The van der Waals surface area contributed by atoms with E-state index in [1.54, 1.807) is 0 Å². The minimum absolute atomic E-state index is 0.935. The van der Waals surface area contributed by atoms with Gasteiger partial charge in [0.2, 0.25) is 0 Å². The Balaban J connectivity index is 1.36. The summed E-state index contributed by atoms with van der Waals surface area (Å²) in [6.45, 7) is 8.33. The number of hydrogen-bond donors (Lipinski definition) is 1. The highest BCUT2D eigenvalue weighted by Gasteiger charge is 2.18. The van der Waals surface area contributed by atoms with E-state index in [4.69, 9.17) is 0 Å². The van der Waals surface area contributed by atoms with Gasteiger partial charge in [-0.3, -0.25) is 4.90 Å². The Bertz CT molecular complexity index is 381. The van der Waals surface area contributed by atoms with Crippen LogP contribution in [0.3, 0.4) is 0 Å². The van der Waals surface area contributed by atoms with Crippen molar-refractivity contribution in [2.75, 3.05) is 50.7 Å². The molecule has 0 spiro atoms. The SMILES string of the molecule is c1ccc(N2CCN(CCCC3CCNC3)CC2)nc1. The van der Waals surface area contributed by atoms with Gasteiger partial charge in [0.15, 0.2) is 0 Å². The fraction of sp³-hybridized carbons (Fsp3) is 0.688. The summed E-state index contributed by atoms with van der Waals surface area (Å²) in [4.78, 5) is 9.46. The van der Waals surface area contributed by atoms with Crippen molar-refractivity contribution in [3.8, 4) is 0 Å². The molecule has 3 rings (SSSR count). The molecule has 4 heteroatoms. The minimum Gasteiger partial charge on any atom is -0.354 e. The van der Waals surface area contributed by atoms with Gasteiger partial charge in [-0.15, -0.1) is 0 Å². The summed E-state index contributed by atoms with van der Waals surface area (Å²) in [6.07, 6.45) is 6.02. The van der Waals surface area contributed by atoms with Gasteiger partial charge in [0.05, 0.1) is 0 Å². The van der Waals surface area contributed by atoms with Gasteiger partial charge < -0.3 is 10.2 Å². The van der Waals surface area contributed by atoms with E-state index in [9.17, 15) is 0 Å². The summed E-state index contributed by atoms with van der Waals surface area (Å²) in [6, 6.07) is 6.17. The summed E-state index contributed by atoms with van der Waals surface area (Å²) in [5.41, 5.74) is 0. The smallest absolute Gasteiger partial charge is 0.128 e. The number of aromatic nitrogens is 1. The van der Waals surface area contributed by atoms with Gasteiger partial charge >= 0.3 is 0 Å². The summed E-state index contributed by atoms with van der Waals surface area (Å²) in [5.74, 6) is 2.06. The lowest BCUT2D eigenvalue weighted by molar-refractivity contribution is 0.247. The van der Waals surface area contributed by atoms with E-state index >= 15 is 0 Å². The van der Waals surface area contributed by atoms with Crippen molar-refractivity contribution in [1.29, 1.82) is 0 Å². The second kappa shape index (κ2) is 7.04. The standard InChI is InChI=1S/C16H26N4/c1-2-7-18-16(5-1)20-12-10-19(11-13-20)9-3-4-15-6-8-17-14-15/h1-2,5,7,15,17H,3-4,6,8-14H2. The lowest BCUT2D eigenvalue weighted by atomic mass is 10.0. The van der Waals surface area contributed by atoms with Crippen molar-refractivity contribution in [1.82, 2.24) is 15.2 Å². The van der Waals surface area contributed by atoms with E-state index in [-0.39, 0.29) is 0 Å². The van der Waals surface area contributed by atoms with Gasteiger partial charge in [0.1, 0.15) is 5.82 Å². The Morgan fingerprint density at radius 3 is 2.80 bits per heavy atom. The first-order chi connectivity index (χ1) is 9.92. The van der Waals surface area contributed by atoms with Crippen LogP contribution in [0.5, 0.6) is 0 Å². The molecule has 4 nitrogen and oxygen atoms in total. The highest BCUT2D eigenvalue weighted by Crippen LogP contribution is 2.16. The van der Waals surface area contributed by atoms with Crippen LogP contribution in [0.15, 0.2) is 24.4 Å². The van der Waals surface area contributed by atoms with Crippen molar-refractivity contribution in [3.05, 3.63) is 24.4 Å². The van der Waals surface area contributed by atoms with E-state index in [2.05, 4.69) is 32.2 Å². The molecule has 0 aromatic carbocycles. The molecule has 1 aromatic rings. The van der Waals surface area contributed by atoms with Crippen LogP contribution in [0.1, 0.15) is 19.3 Å². The van der Waals surface area contributed by atoms with E-state index < -0.39 is 0 Å². The van der Waals surface area contributed by atoms with Crippen molar-refractivity contribution >= 4 is 5.82 Å². The van der Waals surface area contributed by atoms with E-state index in [0.717, 1.165) is 24.8 Å². The average Bonchev–Trinajstić information content (AvgIpc) is 3.02. The third-order valence-electron chi connectivity index (χ3n) is 4.59. The van der Waals surface area contributed by atoms with Crippen LogP contribution in [0.2, 0.25) is 0 Å². The monoisotopic (exact) mass is 274 g/mol. The highest BCUT2D eigenvalue weighted by atomic mass is 15.3. The van der Waals surface area contributed by atoms with Crippen LogP contribution in [-0.2, 0) is 0 Å². The van der Waals surface area contributed by atoms with Gasteiger partial charge in [-0.1, -0.05) is 6.07 Å². The largest absolute Gasteiger partial charge is 0.354 e. The zero-order chi connectivity index (χ0) is 13.6. The molecule has 20 heavy (non-hydrogen) atoms. The maximum Gasteiger partial charge on any atom is 0.128 e. The maximum atomic E-state index is 4.44. The molecule has 0 aliphatic carbocycles. The normalized spacial score (nSPS) is 24.2. The molecule has 0 bridgehead atoms. The zero-order valence-corrected chi connectivity index (χ0v) is 12.3. The topological polar surface area (TPSA) is 31.4 Å². The number of pyridine rings is 1. The predicted molar refractivity (Wildman–Crippen MR) is 83.1 cm³/mol. The Morgan fingerprint density at radius 1 is 1.20 bits per heavy atom. The Labute approximate surface area is 122 Å². The summed E-state index contributed by atoms with van der Waals surface area (Å²) < 4.78 is 0. The second-order valence-corrected chi connectivity index (χ2v) is 6.02. The number of rotatable bonds is 5. The molecule has 3 heterocycles. The van der Waals surface area contributed by atoms with Gasteiger partial charge in [-0.2, -0.15) is 0 Å². The van der Waals surface area contributed by atoms with Crippen LogP contribution >= 0.6 is 0 Å². The Hall–Kier alpha value is -1.13. The molecular weight excluding hydrogens is 248 g/mol. The summed E-state index contributed by atoms with van der Waals surface area (Å²) >= 11 is 0. The quantitative estimate of drug-likeness (QED) is 0.883. The molecule has 2 fully saturated rings. The molecular formula is C16H26N4. The molecule has 0 amide bonds. The minimum atomic E-state index is 0.935. The second-order valence-electron chi connectivity index (χ2n) is 6.02. The van der Waals surface area contributed by atoms with Crippen molar-refractivity contribution in [2.24, 2.45) is 5.92 Å². The molecule has 110 valence electrons. The lowest BCUT2D eigenvalue weighted by Gasteiger charge is -2.35. The predicted octanol–water partition coefficient (Wildman–Crippen LogP) is 1.59. The molecule has 0 radical (unpaired) electrons. The van der Waals surface area contributed by atoms with Gasteiger partial charge in [0, 0.05) is 32.4 Å². The molecule has 2 aliphatic rings. The van der Waals surface area contributed by atoms with Crippen LogP contribution in [0.25, 0.3) is 0 Å². The first kappa shape index (κ1) is 13.8. The summed E-state index contributed by atoms with van der Waals surface area (Å²) in [5, 5.41) is 3.46. The number of hydrogen-bond acceptors (Lipinski definition) is 4. The molecule has 1 N–H and O–H groups in total. The molecule has 0 saturated carbocycles. The number of piperazine rings is 1. The molecule has 2 saturated heterocycles. The average molecular weight is 274 g/mol. The zero-order valence-electron chi connectivity index (χ0n) is 12.3. The molecule has 2 aliphatic heterocycles. The van der Waals surface area contributed by atoms with Crippen LogP contribution < -0.4 is 10.2 Å². The van der Waals surface area contributed by atoms with Crippen molar-refractivity contribution in [2.45, 2.75) is 19.3 Å². The maximum absolute atomic E-state index is 4.44.